The summed E-state index contributed by atoms with van der Waals surface area (Å²) in [7, 11) is 0. The van der Waals surface area contributed by atoms with Gasteiger partial charge in [0.15, 0.2) is 0 Å². The van der Waals surface area contributed by atoms with Crippen LogP contribution in [0.3, 0.4) is 0 Å². The molecule has 0 aliphatic carbocycles. The first kappa shape index (κ1) is 16.7. The van der Waals surface area contributed by atoms with E-state index in [1.807, 2.05) is 13.8 Å². The van der Waals surface area contributed by atoms with Crippen LogP contribution in [0, 0.1) is 5.92 Å². The molecule has 2 heterocycles. The molecule has 1 N–H and O–H groups in total. The summed E-state index contributed by atoms with van der Waals surface area (Å²) in [5.74, 6) is 0.228. The van der Waals surface area contributed by atoms with E-state index in [1.54, 1.807) is 0 Å². The highest BCUT2D eigenvalue weighted by molar-refractivity contribution is 5.78. The molecular formula is C16H30N2O3. The third kappa shape index (κ3) is 5.93. The number of nitrogens with zero attached hydrogens (tertiary/aromatic N) is 1. The summed E-state index contributed by atoms with van der Waals surface area (Å²) in [6, 6.07) is 0.298. The van der Waals surface area contributed by atoms with E-state index in [9.17, 15) is 4.79 Å². The summed E-state index contributed by atoms with van der Waals surface area (Å²) in [5, 5.41) is 3.14. The van der Waals surface area contributed by atoms with E-state index in [1.165, 1.54) is 0 Å². The molecule has 5 heteroatoms. The zero-order valence-corrected chi connectivity index (χ0v) is 13.5. The Morgan fingerprint density at radius 3 is 2.95 bits per heavy atom. The topological polar surface area (TPSA) is 50.8 Å². The molecular weight excluding hydrogens is 268 g/mol. The summed E-state index contributed by atoms with van der Waals surface area (Å²) in [5.41, 5.74) is 0. The highest BCUT2D eigenvalue weighted by Crippen LogP contribution is 2.13. The SMILES string of the molecule is CC(C)C(=O)NC1CCCN(CCOCC2CCCO2)C1. The fraction of sp³-hybridized carbons (Fsp3) is 0.938. The minimum absolute atomic E-state index is 0.0649. The van der Waals surface area contributed by atoms with Crippen LogP contribution >= 0.6 is 0 Å². The highest BCUT2D eigenvalue weighted by atomic mass is 16.5. The van der Waals surface area contributed by atoms with Gasteiger partial charge in [0.25, 0.3) is 0 Å². The summed E-state index contributed by atoms with van der Waals surface area (Å²) < 4.78 is 11.3. The average Bonchev–Trinajstić information content (AvgIpc) is 2.97. The quantitative estimate of drug-likeness (QED) is 0.722. The van der Waals surface area contributed by atoms with Gasteiger partial charge in [-0.1, -0.05) is 13.8 Å². The Kier molecular flexibility index (Phi) is 6.93. The molecule has 1 amide bonds. The van der Waals surface area contributed by atoms with Crippen molar-refractivity contribution < 1.29 is 14.3 Å². The maximum absolute atomic E-state index is 11.8. The molecule has 5 nitrogen and oxygen atoms in total. The van der Waals surface area contributed by atoms with E-state index in [2.05, 4.69) is 10.2 Å². The van der Waals surface area contributed by atoms with E-state index in [0.717, 1.165) is 65.1 Å². The zero-order chi connectivity index (χ0) is 15.1. The number of nitrogens with one attached hydrogen (secondary N) is 1. The van der Waals surface area contributed by atoms with Crippen LogP contribution in [0.4, 0.5) is 0 Å². The van der Waals surface area contributed by atoms with E-state index >= 15 is 0 Å². The first-order valence-electron chi connectivity index (χ1n) is 8.37. The van der Waals surface area contributed by atoms with Gasteiger partial charge in [0.2, 0.25) is 5.91 Å². The number of hydrogen-bond acceptors (Lipinski definition) is 4. The summed E-state index contributed by atoms with van der Waals surface area (Å²) in [6.07, 6.45) is 4.84. The van der Waals surface area contributed by atoms with Gasteiger partial charge >= 0.3 is 0 Å². The molecule has 0 bridgehead atoms. The number of likely N-dealkylation sites (tertiary alicyclic amines) is 1. The first-order valence-corrected chi connectivity index (χ1v) is 8.37. The van der Waals surface area contributed by atoms with Gasteiger partial charge in [-0.25, -0.2) is 0 Å². The Morgan fingerprint density at radius 1 is 1.38 bits per heavy atom. The van der Waals surface area contributed by atoms with Crippen molar-refractivity contribution in [2.24, 2.45) is 5.92 Å². The van der Waals surface area contributed by atoms with Crippen LogP contribution < -0.4 is 5.32 Å². The maximum Gasteiger partial charge on any atom is 0.222 e. The highest BCUT2D eigenvalue weighted by Gasteiger charge is 2.22. The fourth-order valence-corrected chi connectivity index (χ4v) is 2.93. The second-order valence-electron chi connectivity index (χ2n) is 6.51. The van der Waals surface area contributed by atoms with Crippen LogP contribution in [0.15, 0.2) is 0 Å². The van der Waals surface area contributed by atoms with Crippen LogP contribution in [0.5, 0.6) is 0 Å². The number of carbonyl (C=O) groups excluding carboxylic acids is 1. The van der Waals surface area contributed by atoms with Gasteiger partial charge in [-0.15, -0.1) is 0 Å². The smallest absolute Gasteiger partial charge is 0.222 e. The minimum Gasteiger partial charge on any atom is -0.377 e. The second-order valence-corrected chi connectivity index (χ2v) is 6.51. The molecule has 0 aromatic heterocycles. The van der Waals surface area contributed by atoms with E-state index in [0.29, 0.717) is 12.1 Å². The lowest BCUT2D eigenvalue weighted by molar-refractivity contribution is -0.125. The Morgan fingerprint density at radius 2 is 2.24 bits per heavy atom. The molecule has 2 saturated heterocycles. The number of carbonyl (C=O) groups is 1. The van der Waals surface area contributed by atoms with Crippen LogP contribution in [-0.2, 0) is 14.3 Å². The molecule has 2 atom stereocenters. The van der Waals surface area contributed by atoms with Crippen molar-refractivity contribution in [2.45, 2.75) is 51.7 Å². The molecule has 0 aromatic carbocycles. The fourth-order valence-electron chi connectivity index (χ4n) is 2.93. The zero-order valence-electron chi connectivity index (χ0n) is 13.5. The lowest BCUT2D eigenvalue weighted by Crippen LogP contribution is -2.49. The van der Waals surface area contributed by atoms with Crippen LogP contribution in [0.1, 0.15) is 39.5 Å². The standard InChI is InChI=1S/C16H30N2O3/c1-13(2)16(19)17-14-5-3-7-18(11-14)8-10-20-12-15-6-4-9-21-15/h13-15H,3-12H2,1-2H3,(H,17,19). The Labute approximate surface area is 128 Å². The molecule has 2 fully saturated rings. The minimum atomic E-state index is 0.0649. The van der Waals surface area contributed by atoms with Crippen molar-refractivity contribution in [3.63, 3.8) is 0 Å². The molecule has 2 rings (SSSR count). The van der Waals surface area contributed by atoms with Crippen LogP contribution in [0.25, 0.3) is 0 Å². The molecule has 2 unspecified atom stereocenters. The molecule has 0 radical (unpaired) electrons. The lowest BCUT2D eigenvalue weighted by Gasteiger charge is -2.33. The monoisotopic (exact) mass is 298 g/mol. The first-order chi connectivity index (χ1) is 10.1. The summed E-state index contributed by atoms with van der Waals surface area (Å²) in [6.45, 7) is 9.24. The van der Waals surface area contributed by atoms with E-state index in [-0.39, 0.29) is 11.8 Å². The summed E-state index contributed by atoms with van der Waals surface area (Å²) in [4.78, 5) is 14.1. The molecule has 2 aliphatic heterocycles. The van der Waals surface area contributed by atoms with E-state index in [4.69, 9.17) is 9.47 Å². The van der Waals surface area contributed by atoms with Gasteiger partial charge in [0, 0.05) is 31.7 Å². The molecule has 122 valence electrons. The van der Waals surface area contributed by atoms with Crippen molar-refractivity contribution in [1.82, 2.24) is 10.2 Å². The normalized spacial score (nSPS) is 27.2. The van der Waals surface area contributed by atoms with E-state index < -0.39 is 0 Å². The Balaban J connectivity index is 1.58. The molecule has 0 saturated carbocycles. The third-order valence-electron chi connectivity index (χ3n) is 4.26. The molecule has 0 spiro atoms. The number of ether oxygens (including phenoxy) is 2. The number of piperidine rings is 1. The van der Waals surface area contributed by atoms with Gasteiger partial charge in [-0.2, -0.15) is 0 Å². The largest absolute Gasteiger partial charge is 0.377 e. The van der Waals surface area contributed by atoms with Crippen molar-refractivity contribution in [1.29, 1.82) is 0 Å². The van der Waals surface area contributed by atoms with Crippen LogP contribution in [0.2, 0.25) is 0 Å². The average molecular weight is 298 g/mol. The van der Waals surface area contributed by atoms with Crippen molar-refractivity contribution in [3.8, 4) is 0 Å². The van der Waals surface area contributed by atoms with Crippen LogP contribution in [-0.4, -0.2) is 62.4 Å². The van der Waals surface area contributed by atoms with Gasteiger partial charge in [0.1, 0.15) is 0 Å². The van der Waals surface area contributed by atoms with Gasteiger partial charge < -0.3 is 14.8 Å². The number of amides is 1. The molecule has 2 aliphatic rings. The third-order valence-corrected chi connectivity index (χ3v) is 4.26. The predicted molar refractivity (Wildman–Crippen MR) is 82.2 cm³/mol. The summed E-state index contributed by atoms with van der Waals surface area (Å²) >= 11 is 0. The van der Waals surface area contributed by atoms with Crippen molar-refractivity contribution >= 4 is 5.91 Å². The Hall–Kier alpha value is -0.650. The molecule has 21 heavy (non-hydrogen) atoms. The number of rotatable bonds is 7. The lowest BCUT2D eigenvalue weighted by atomic mass is 10.0. The van der Waals surface area contributed by atoms with Gasteiger partial charge in [-0.05, 0) is 32.2 Å². The molecule has 0 aromatic rings. The number of hydrogen-bond donors (Lipinski definition) is 1. The predicted octanol–water partition coefficient (Wildman–Crippen LogP) is 1.42. The Bertz CT molecular complexity index is 317. The van der Waals surface area contributed by atoms with Gasteiger partial charge in [-0.3, -0.25) is 9.69 Å². The second kappa shape index (κ2) is 8.71. The van der Waals surface area contributed by atoms with Gasteiger partial charge in [0.05, 0.1) is 19.3 Å². The van der Waals surface area contributed by atoms with Crippen molar-refractivity contribution in [2.75, 3.05) is 39.5 Å². The maximum atomic E-state index is 11.8. The van der Waals surface area contributed by atoms with Crippen molar-refractivity contribution in [3.05, 3.63) is 0 Å².